The number of alkyl halides is 1. The lowest BCUT2D eigenvalue weighted by atomic mass is 10.1. The van der Waals surface area contributed by atoms with Crippen molar-refractivity contribution in [2.45, 2.75) is 12.8 Å². The van der Waals surface area contributed by atoms with E-state index in [0.717, 1.165) is 29.4 Å². The van der Waals surface area contributed by atoms with Crippen LogP contribution in [0.2, 0.25) is 0 Å². The molecule has 1 amide bonds. The lowest BCUT2D eigenvalue weighted by Crippen LogP contribution is -2.17. The smallest absolute Gasteiger partial charge is 0.276 e. The summed E-state index contributed by atoms with van der Waals surface area (Å²) in [5, 5.41) is 9.63. The third-order valence-electron chi connectivity index (χ3n) is 2.70. The summed E-state index contributed by atoms with van der Waals surface area (Å²) < 4.78 is 0. The van der Waals surface area contributed by atoms with Crippen LogP contribution >= 0.6 is 15.9 Å². The number of carbonyl (C=O) groups excluding carboxylic acids is 1. The first-order chi connectivity index (χ1) is 9.69. The highest BCUT2D eigenvalue weighted by Gasteiger charge is 2.07. The quantitative estimate of drug-likeness (QED) is 0.823. The number of anilines is 1. The highest BCUT2D eigenvalue weighted by Crippen LogP contribution is 2.13. The van der Waals surface area contributed by atoms with Crippen molar-refractivity contribution in [2.75, 3.05) is 10.6 Å². The summed E-state index contributed by atoms with van der Waals surface area (Å²) in [5.41, 5.74) is 1.72. The molecule has 0 aliphatic rings. The normalized spacial score (nSPS) is 10.2. The largest absolute Gasteiger partial charge is 0.321 e. The lowest BCUT2D eigenvalue weighted by Gasteiger charge is -2.06. The summed E-state index contributed by atoms with van der Waals surface area (Å²) in [6, 6.07) is 10.3. The lowest BCUT2D eigenvalue weighted by molar-refractivity contribution is 0.102. The average molecular weight is 336 g/mol. The van der Waals surface area contributed by atoms with Gasteiger partial charge >= 0.3 is 0 Å². The number of H-pyrrole nitrogens is 1. The zero-order valence-electron chi connectivity index (χ0n) is 10.7. The molecule has 0 fully saturated rings. The molecule has 0 saturated carbocycles. The zero-order valence-corrected chi connectivity index (χ0v) is 12.3. The Kier molecular flexibility index (Phi) is 5.06. The van der Waals surface area contributed by atoms with E-state index in [4.69, 9.17) is 0 Å². The van der Waals surface area contributed by atoms with Crippen molar-refractivity contribution in [2.24, 2.45) is 0 Å². The maximum absolute atomic E-state index is 11.9. The minimum absolute atomic E-state index is 0.176. The van der Waals surface area contributed by atoms with E-state index >= 15 is 0 Å². The van der Waals surface area contributed by atoms with Crippen LogP contribution in [0.1, 0.15) is 22.5 Å². The fourth-order valence-electron chi connectivity index (χ4n) is 1.74. The van der Waals surface area contributed by atoms with Gasteiger partial charge in [0.15, 0.2) is 0 Å². The molecule has 104 valence electrons. The van der Waals surface area contributed by atoms with E-state index in [-0.39, 0.29) is 17.2 Å². The van der Waals surface area contributed by atoms with Gasteiger partial charge in [0.25, 0.3) is 11.5 Å². The topological polar surface area (TPSA) is 74.8 Å². The Morgan fingerprint density at radius 1 is 1.30 bits per heavy atom. The van der Waals surface area contributed by atoms with Gasteiger partial charge in [-0.05, 0) is 36.6 Å². The van der Waals surface area contributed by atoms with Crippen LogP contribution in [-0.2, 0) is 6.42 Å². The Balaban J connectivity index is 2.07. The van der Waals surface area contributed by atoms with E-state index in [9.17, 15) is 9.59 Å². The Labute approximate surface area is 124 Å². The first-order valence-corrected chi connectivity index (χ1v) is 7.33. The SMILES string of the molecule is O=C(Nc1cccc(CCCBr)c1)c1ccc(=O)[nH]n1. The Bertz CT molecular complexity index is 634. The van der Waals surface area contributed by atoms with E-state index in [1.165, 1.54) is 12.1 Å². The molecule has 6 heteroatoms. The average Bonchev–Trinajstić information content (AvgIpc) is 2.46. The third kappa shape index (κ3) is 4.03. The molecule has 0 radical (unpaired) electrons. The summed E-state index contributed by atoms with van der Waals surface area (Å²) in [4.78, 5) is 22.8. The molecule has 0 unspecified atom stereocenters. The van der Waals surface area contributed by atoms with E-state index in [2.05, 4.69) is 31.4 Å². The summed E-state index contributed by atoms with van der Waals surface area (Å²) in [5.74, 6) is -0.348. The maximum atomic E-state index is 11.9. The van der Waals surface area contributed by atoms with Crippen molar-refractivity contribution in [3.8, 4) is 0 Å². The van der Waals surface area contributed by atoms with Gasteiger partial charge in [0.1, 0.15) is 5.69 Å². The van der Waals surface area contributed by atoms with Crippen molar-refractivity contribution in [1.29, 1.82) is 0 Å². The molecule has 1 aromatic heterocycles. The van der Waals surface area contributed by atoms with Crippen LogP contribution in [0.15, 0.2) is 41.2 Å². The van der Waals surface area contributed by atoms with Gasteiger partial charge in [-0.15, -0.1) is 0 Å². The van der Waals surface area contributed by atoms with Crippen molar-refractivity contribution < 1.29 is 4.79 Å². The molecule has 0 saturated heterocycles. The summed E-state index contributed by atoms with van der Waals surface area (Å²) >= 11 is 3.40. The van der Waals surface area contributed by atoms with Crippen LogP contribution in [-0.4, -0.2) is 21.4 Å². The fourth-order valence-corrected chi connectivity index (χ4v) is 2.02. The molecule has 1 heterocycles. The van der Waals surface area contributed by atoms with Crippen LogP contribution < -0.4 is 10.9 Å². The van der Waals surface area contributed by atoms with Crippen molar-refractivity contribution >= 4 is 27.5 Å². The monoisotopic (exact) mass is 335 g/mol. The summed E-state index contributed by atoms with van der Waals surface area (Å²) in [7, 11) is 0. The number of nitrogens with one attached hydrogen (secondary N) is 2. The van der Waals surface area contributed by atoms with E-state index in [1.807, 2.05) is 24.3 Å². The van der Waals surface area contributed by atoms with Gasteiger partial charge in [0.05, 0.1) is 0 Å². The molecule has 1 aromatic carbocycles. The number of amides is 1. The van der Waals surface area contributed by atoms with Gasteiger partial charge < -0.3 is 5.32 Å². The van der Waals surface area contributed by atoms with E-state index in [1.54, 1.807) is 0 Å². The van der Waals surface area contributed by atoms with Crippen LogP contribution in [0.25, 0.3) is 0 Å². The second kappa shape index (κ2) is 7.00. The van der Waals surface area contributed by atoms with Gasteiger partial charge in [-0.25, -0.2) is 5.10 Å². The van der Waals surface area contributed by atoms with Gasteiger partial charge in [-0.3, -0.25) is 9.59 Å². The molecular weight excluding hydrogens is 322 g/mol. The number of aryl methyl sites for hydroxylation is 1. The number of hydrogen-bond acceptors (Lipinski definition) is 3. The fraction of sp³-hybridized carbons (Fsp3) is 0.214. The number of nitrogens with zero attached hydrogens (tertiary/aromatic N) is 1. The highest BCUT2D eigenvalue weighted by molar-refractivity contribution is 9.09. The first-order valence-electron chi connectivity index (χ1n) is 6.21. The molecule has 2 N–H and O–H groups in total. The number of halogens is 1. The van der Waals surface area contributed by atoms with Crippen molar-refractivity contribution in [1.82, 2.24) is 10.2 Å². The maximum Gasteiger partial charge on any atom is 0.276 e. The number of carbonyl (C=O) groups is 1. The first kappa shape index (κ1) is 14.5. The number of rotatable bonds is 5. The molecule has 2 rings (SSSR count). The molecule has 20 heavy (non-hydrogen) atoms. The molecule has 5 nitrogen and oxygen atoms in total. The third-order valence-corrected chi connectivity index (χ3v) is 3.26. The minimum Gasteiger partial charge on any atom is -0.321 e. The van der Waals surface area contributed by atoms with Crippen LogP contribution in [0.3, 0.4) is 0 Å². The van der Waals surface area contributed by atoms with Gasteiger partial charge in [0, 0.05) is 17.1 Å². The second-order valence-electron chi connectivity index (χ2n) is 4.25. The van der Waals surface area contributed by atoms with Gasteiger partial charge in [0.2, 0.25) is 0 Å². The van der Waals surface area contributed by atoms with E-state index in [0.29, 0.717) is 0 Å². The van der Waals surface area contributed by atoms with Crippen LogP contribution in [0.4, 0.5) is 5.69 Å². The molecule has 0 atom stereocenters. The Hall–Kier alpha value is -1.95. The molecule has 0 aliphatic heterocycles. The molecule has 0 aliphatic carbocycles. The number of aromatic amines is 1. The van der Waals surface area contributed by atoms with Crippen molar-refractivity contribution in [3.63, 3.8) is 0 Å². The molecule has 2 aromatic rings. The molecular formula is C14H14BrN3O2. The Morgan fingerprint density at radius 2 is 2.15 bits per heavy atom. The van der Waals surface area contributed by atoms with Crippen LogP contribution in [0.5, 0.6) is 0 Å². The predicted octanol–water partition coefficient (Wildman–Crippen LogP) is 2.35. The number of aromatic nitrogens is 2. The second-order valence-corrected chi connectivity index (χ2v) is 5.05. The highest BCUT2D eigenvalue weighted by atomic mass is 79.9. The standard InChI is InChI=1S/C14H14BrN3O2/c15-8-2-4-10-3-1-5-11(9-10)16-14(20)12-6-7-13(19)18-17-12/h1,3,5-7,9H,2,4,8H2,(H,16,20)(H,18,19). The minimum atomic E-state index is -0.348. The van der Waals surface area contributed by atoms with Crippen molar-refractivity contribution in [3.05, 3.63) is 58.0 Å². The predicted molar refractivity (Wildman–Crippen MR) is 81.4 cm³/mol. The molecule has 0 bridgehead atoms. The van der Waals surface area contributed by atoms with Gasteiger partial charge in [-0.2, -0.15) is 5.10 Å². The number of hydrogen-bond donors (Lipinski definition) is 2. The summed E-state index contributed by atoms with van der Waals surface area (Å²) in [6.45, 7) is 0. The van der Waals surface area contributed by atoms with E-state index < -0.39 is 0 Å². The Morgan fingerprint density at radius 3 is 2.85 bits per heavy atom. The molecule has 0 spiro atoms. The summed E-state index contributed by atoms with van der Waals surface area (Å²) in [6.07, 6.45) is 1.99. The van der Waals surface area contributed by atoms with Crippen LogP contribution in [0, 0.1) is 0 Å². The zero-order chi connectivity index (χ0) is 14.4. The number of benzene rings is 1. The van der Waals surface area contributed by atoms with Gasteiger partial charge in [-0.1, -0.05) is 28.1 Å².